The first-order chi connectivity index (χ1) is 16.1. The van der Waals surface area contributed by atoms with Crippen LogP contribution in [0.1, 0.15) is 22.9 Å². The van der Waals surface area contributed by atoms with Gasteiger partial charge in [0.05, 0.1) is 28.6 Å². The molecule has 0 aliphatic carbocycles. The van der Waals surface area contributed by atoms with Crippen LogP contribution in [0.15, 0.2) is 53.5 Å². The van der Waals surface area contributed by atoms with Gasteiger partial charge in [-0.25, -0.2) is 9.89 Å². The summed E-state index contributed by atoms with van der Waals surface area (Å²) in [6, 6.07) is 9.54. The maximum atomic E-state index is 13.5. The molecule has 1 fully saturated rings. The van der Waals surface area contributed by atoms with Gasteiger partial charge in [-0.3, -0.25) is 19.0 Å². The molecule has 0 spiro atoms. The van der Waals surface area contributed by atoms with Crippen molar-refractivity contribution in [2.45, 2.75) is 18.6 Å². The molecule has 5 rings (SSSR count). The molecule has 1 aromatic heterocycles. The molecule has 1 unspecified atom stereocenters. The largest absolute Gasteiger partial charge is 0.493 e. The molecule has 7 nitrogen and oxygen atoms in total. The number of halogens is 3. The Morgan fingerprint density at radius 1 is 1.06 bits per heavy atom. The topological polar surface area (TPSA) is 92.0 Å². The number of hydrogen-bond acceptors (Lipinski definition) is 6. The van der Waals surface area contributed by atoms with Crippen LogP contribution in [0.25, 0.3) is 5.57 Å². The van der Waals surface area contributed by atoms with E-state index in [4.69, 9.17) is 12.2 Å². The predicted octanol–water partition coefficient (Wildman–Crippen LogP) is 2.87. The molecule has 34 heavy (non-hydrogen) atoms. The minimum absolute atomic E-state index is 0.0192. The van der Waals surface area contributed by atoms with Crippen molar-refractivity contribution in [1.82, 2.24) is 4.57 Å². The standard InChI is InChI=1S/C22H12F3N3O4S2/c23-22(24,25)11-6-2-4-8-13(11)27-15(29)9-14(19(27)31)28-20(32)17(34-21(28)33)16-10-5-1-3-7-12(10)26-18(16)30/h1-8,14,32H,9H2. The van der Waals surface area contributed by atoms with E-state index in [0.717, 1.165) is 34.1 Å². The van der Waals surface area contributed by atoms with Gasteiger partial charge in [-0.2, -0.15) is 13.2 Å². The average Bonchev–Trinajstić information content (AvgIpc) is 3.36. The Morgan fingerprint density at radius 3 is 2.47 bits per heavy atom. The van der Waals surface area contributed by atoms with Gasteiger partial charge in [0.25, 0.3) is 11.8 Å². The molecule has 2 aliphatic rings. The number of anilines is 1. The third-order valence-corrected chi connectivity index (χ3v) is 6.95. The summed E-state index contributed by atoms with van der Waals surface area (Å²) in [5, 5.41) is 11.8. The number of aromatic nitrogens is 1. The van der Waals surface area contributed by atoms with Crippen LogP contribution in [0, 0.1) is 3.95 Å². The molecule has 3 aromatic rings. The second kappa shape index (κ2) is 7.71. The summed E-state index contributed by atoms with van der Waals surface area (Å²) in [4.78, 5) is 42.8. The summed E-state index contributed by atoms with van der Waals surface area (Å²) < 4.78 is 41.4. The first kappa shape index (κ1) is 22.2. The average molecular weight is 503 g/mol. The molecule has 172 valence electrons. The van der Waals surface area contributed by atoms with Crippen molar-refractivity contribution in [3.05, 3.63) is 73.5 Å². The van der Waals surface area contributed by atoms with Gasteiger partial charge in [-0.05, 0) is 30.4 Å². The Bertz CT molecular complexity index is 1590. The Kier molecular flexibility index (Phi) is 5.02. The highest BCUT2D eigenvalue weighted by atomic mass is 32.1. The van der Waals surface area contributed by atoms with E-state index in [2.05, 4.69) is 4.99 Å². The van der Waals surface area contributed by atoms with Crippen molar-refractivity contribution in [2.24, 2.45) is 4.99 Å². The number of rotatable bonds is 3. The maximum Gasteiger partial charge on any atom is 0.418 e. The lowest BCUT2D eigenvalue weighted by Crippen LogP contribution is -2.33. The van der Waals surface area contributed by atoms with Crippen molar-refractivity contribution in [2.75, 3.05) is 4.90 Å². The van der Waals surface area contributed by atoms with E-state index in [9.17, 15) is 32.7 Å². The SMILES string of the molecule is O=C1N=c2ccccc2=C1c1sc(=S)n(C2CC(=O)N(c3ccccc3C(F)(F)F)C2=O)c1O. The predicted molar refractivity (Wildman–Crippen MR) is 117 cm³/mol. The molecule has 0 bridgehead atoms. The van der Waals surface area contributed by atoms with Gasteiger partial charge < -0.3 is 5.11 Å². The van der Waals surface area contributed by atoms with Crippen molar-refractivity contribution in [3.63, 3.8) is 0 Å². The Labute approximate surface area is 197 Å². The zero-order valence-corrected chi connectivity index (χ0v) is 18.5. The zero-order chi connectivity index (χ0) is 24.4. The first-order valence-corrected chi connectivity index (χ1v) is 11.0. The van der Waals surface area contributed by atoms with E-state index >= 15 is 0 Å². The van der Waals surface area contributed by atoms with Crippen molar-refractivity contribution < 1.29 is 32.7 Å². The highest BCUT2D eigenvalue weighted by Crippen LogP contribution is 2.42. The van der Waals surface area contributed by atoms with Crippen LogP contribution in [-0.4, -0.2) is 27.4 Å². The van der Waals surface area contributed by atoms with Crippen LogP contribution in [0.4, 0.5) is 18.9 Å². The van der Waals surface area contributed by atoms with E-state index in [1.807, 2.05) is 0 Å². The van der Waals surface area contributed by atoms with Gasteiger partial charge >= 0.3 is 6.18 Å². The molecule has 3 amide bonds. The lowest BCUT2D eigenvalue weighted by molar-refractivity contribution is -0.137. The number of nitrogens with zero attached hydrogens (tertiary/aromatic N) is 3. The minimum Gasteiger partial charge on any atom is -0.493 e. The van der Waals surface area contributed by atoms with Crippen LogP contribution >= 0.6 is 23.6 Å². The number of imide groups is 1. The second-order valence-corrected chi connectivity index (χ2v) is 9.15. The number of alkyl halides is 3. The van der Waals surface area contributed by atoms with Crippen LogP contribution in [0.5, 0.6) is 5.88 Å². The van der Waals surface area contributed by atoms with Gasteiger partial charge in [0.2, 0.25) is 11.8 Å². The molecule has 12 heteroatoms. The van der Waals surface area contributed by atoms with Crippen LogP contribution in [0.3, 0.4) is 0 Å². The number of hydrogen-bond donors (Lipinski definition) is 1. The lowest BCUT2D eigenvalue weighted by Gasteiger charge is -2.20. The molecular formula is C22H12F3N3O4S2. The highest BCUT2D eigenvalue weighted by Gasteiger charge is 2.46. The van der Waals surface area contributed by atoms with Crippen LogP contribution in [0.2, 0.25) is 0 Å². The number of fused-ring (bicyclic) bond motifs is 1. The van der Waals surface area contributed by atoms with Gasteiger partial charge in [0.1, 0.15) is 10.9 Å². The van der Waals surface area contributed by atoms with Gasteiger partial charge in [0, 0.05) is 5.22 Å². The van der Waals surface area contributed by atoms with Crippen molar-refractivity contribution in [3.8, 4) is 5.88 Å². The summed E-state index contributed by atoms with van der Waals surface area (Å²) >= 11 is 6.15. The first-order valence-electron chi connectivity index (χ1n) is 9.79. The number of thiazole rings is 1. The summed E-state index contributed by atoms with van der Waals surface area (Å²) in [7, 11) is 0. The van der Waals surface area contributed by atoms with Gasteiger partial charge in [0.15, 0.2) is 3.95 Å². The van der Waals surface area contributed by atoms with Gasteiger partial charge in [-0.15, -0.1) is 11.3 Å². The van der Waals surface area contributed by atoms with Gasteiger partial charge in [-0.1, -0.05) is 30.3 Å². The minimum atomic E-state index is -4.79. The number of benzene rings is 2. The van der Waals surface area contributed by atoms with E-state index in [1.54, 1.807) is 24.3 Å². The summed E-state index contributed by atoms with van der Waals surface area (Å²) in [6.45, 7) is 0. The van der Waals surface area contributed by atoms with E-state index in [0.29, 0.717) is 15.5 Å². The quantitative estimate of drug-likeness (QED) is 0.439. The molecule has 1 N–H and O–H groups in total. The molecule has 0 saturated carbocycles. The fourth-order valence-corrected chi connectivity index (χ4v) is 5.52. The third kappa shape index (κ3) is 3.29. The Morgan fingerprint density at radius 2 is 1.74 bits per heavy atom. The molecular weight excluding hydrogens is 491 g/mol. The molecule has 2 aliphatic heterocycles. The van der Waals surface area contributed by atoms with E-state index in [1.165, 1.54) is 6.07 Å². The summed E-state index contributed by atoms with van der Waals surface area (Å²) in [6.07, 6.45) is -5.30. The molecule has 2 aromatic carbocycles. The molecule has 1 saturated heterocycles. The van der Waals surface area contributed by atoms with Crippen molar-refractivity contribution >= 4 is 52.5 Å². The fourth-order valence-electron chi connectivity index (χ4n) is 4.08. The summed E-state index contributed by atoms with van der Waals surface area (Å²) in [5.74, 6) is -2.97. The Hall–Kier alpha value is -3.64. The number of carbonyl (C=O) groups is 3. The van der Waals surface area contributed by atoms with Crippen LogP contribution < -0.4 is 15.5 Å². The van der Waals surface area contributed by atoms with E-state index in [-0.39, 0.29) is 14.4 Å². The fraction of sp³-hybridized carbons (Fsp3) is 0.136. The van der Waals surface area contributed by atoms with Crippen molar-refractivity contribution in [1.29, 1.82) is 0 Å². The summed E-state index contributed by atoms with van der Waals surface area (Å²) in [5.41, 5.74) is -1.64. The molecule has 1 atom stereocenters. The molecule has 3 heterocycles. The third-order valence-electron chi connectivity index (χ3n) is 5.54. The zero-order valence-electron chi connectivity index (χ0n) is 16.9. The number of para-hydroxylation sites is 2. The monoisotopic (exact) mass is 503 g/mol. The highest BCUT2D eigenvalue weighted by molar-refractivity contribution is 7.73. The number of carbonyl (C=O) groups excluding carboxylic acids is 3. The number of aromatic hydroxyl groups is 1. The second-order valence-electron chi connectivity index (χ2n) is 7.50. The Balaban J connectivity index is 1.61. The normalized spacial score (nSPS) is 18.0. The lowest BCUT2D eigenvalue weighted by atomic mass is 10.1. The number of amides is 3. The maximum absolute atomic E-state index is 13.5. The molecule has 0 radical (unpaired) electrons. The smallest absolute Gasteiger partial charge is 0.418 e. The van der Waals surface area contributed by atoms with Crippen LogP contribution in [-0.2, 0) is 20.6 Å². The van der Waals surface area contributed by atoms with E-state index < -0.39 is 53.5 Å².